The predicted molar refractivity (Wildman–Crippen MR) is 58.8 cm³/mol. The minimum atomic E-state index is -1.07. The van der Waals surface area contributed by atoms with E-state index < -0.39 is 17.4 Å². The van der Waals surface area contributed by atoms with Crippen LogP contribution < -0.4 is 5.56 Å². The van der Waals surface area contributed by atoms with E-state index in [9.17, 15) is 14.4 Å². The number of hydrogen-bond acceptors (Lipinski definition) is 3. The van der Waals surface area contributed by atoms with Crippen molar-refractivity contribution in [3.63, 3.8) is 0 Å². The molecule has 1 heterocycles. The summed E-state index contributed by atoms with van der Waals surface area (Å²) >= 11 is 0. The van der Waals surface area contributed by atoms with Crippen LogP contribution in [0, 0.1) is 0 Å². The number of hydrogen-bond donors (Lipinski definition) is 2. The third-order valence-corrected chi connectivity index (χ3v) is 2.60. The number of nitrogens with zero attached hydrogens (tertiary/aromatic N) is 1. The summed E-state index contributed by atoms with van der Waals surface area (Å²) in [6.45, 7) is -0.363. The van der Waals surface area contributed by atoms with Crippen LogP contribution in [-0.4, -0.2) is 39.5 Å². The minimum Gasteiger partial charge on any atom is -0.480 e. The number of H-pyrrole nitrogens is 1. The van der Waals surface area contributed by atoms with E-state index >= 15 is 0 Å². The highest BCUT2D eigenvalue weighted by Gasteiger charge is 2.35. The molecule has 1 fully saturated rings. The Balaban J connectivity index is 2.25. The average molecular weight is 236 g/mol. The third-order valence-electron chi connectivity index (χ3n) is 2.60. The van der Waals surface area contributed by atoms with Crippen molar-refractivity contribution >= 4 is 11.9 Å². The van der Waals surface area contributed by atoms with Gasteiger partial charge in [0.15, 0.2) is 0 Å². The Labute approximate surface area is 96.9 Å². The van der Waals surface area contributed by atoms with Crippen LogP contribution in [-0.2, 0) is 4.79 Å². The summed E-state index contributed by atoms with van der Waals surface area (Å²) in [5.41, 5.74) is -0.505. The maximum atomic E-state index is 12.0. The summed E-state index contributed by atoms with van der Waals surface area (Å²) in [5.74, 6) is -1.59. The molecule has 0 atom stereocenters. The quantitative estimate of drug-likeness (QED) is 0.773. The van der Waals surface area contributed by atoms with E-state index in [0.717, 1.165) is 12.8 Å². The molecule has 0 bridgehead atoms. The van der Waals surface area contributed by atoms with Gasteiger partial charge in [0, 0.05) is 12.2 Å². The first kappa shape index (κ1) is 11.4. The molecule has 2 N–H and O–H groups in total. The zero-order chi connectivity index (χ0) is 12.4. The number of carboxylic acids is 1. The van der Waals surface area contributed by atoms with E-state index in [2.05, 4.69) is 4.98 Å². The van der Waals surface area contributed by atoms with Crippen molar-refractivity contribution in [1.82, 2.24) is 9.88 Å². The van der Waals surface area contributed by atoms with E-state index in [1.54, 1.807) is 6.07 Å². The molecule has 0 saturated heterocycles. The van der Waals surface area contributed by atoms with Gasteiger partial charge in [0.25, 0.3) is 11.5 Å². The molecule has 6 nitrogen and oxygen atoms in total. The molecule has 17 heavy (non-hydrogen) atoms. The van der Waals surface area contributed by atoms with Crippen LogP contribution in [0.4, 0.5) is 0 Å². The van der Waals surface area contributed by atoms with Crippen LogP contribution in [0.3, 0.4) is 0 Å². The van der Waals surface area contributed by atoms with Crippen LogP contribution in [0.1, 0.15) is 23.2 Å². The van der Waals surface area contributed by atoms with Gasteiger partial charge in [-0.25, -0.2) is 0 Å². The van der Waals surface area contributed by atoms with Crippen LogP contribution in [0.25, 0.3) is 0 Å². The number of carboxylic acid groups (broad SMARTS) is 1. The molecule has 0 unspecified atom stereocenters. The normalized spacial score (nSPS) is 14.4. The fourth-order valence-electron chi connectivity index (χ4n) is 1.64. The summed E-state index contributed by atoms with van der Waals surface area (Å²) in [5, 5.41) is 8.75. The van der Waals surface area contributed by atoms with Crippen molar-refractivity contribution in [1.29, 1.82) is 0 Å². The van der Waals surface area contributed by atoms with Gasteiger partial charge in [-0.1, -0.05) is 0 Å². The number of rotatable bonds is 4. The Morgan fingerprint density at radius 2 is 2.18 bits per heavy atom. The molecule has 0 spiro atoms. The summed E-state index contributed by atoms with van der Waals surface area (Å²) in [4.78, 5) is 37.8. The second kappa shape index (κ2) is 4.40. The number of amides is 1. The lowest BCUT2D eigenvalue weighted by atomic mass is 10.2. The number of aromatic amines is 1. The molecule has 0 aromatic carbocycles. The molecule has 1 amide bonds. The number of pyridine rings is 1. The fraction of sp³-hybridized carbons (Fsp3) is 0.364. The van der Waals surface area contributed by atoms with E-state index in [4.69, 9.17) is 5.11 Å². The van der Waals surface area contributed by atoms with Gasteiger partial charge in [-0.15, -0.1) is 0 Å². The first-order chi connectivity index (χ1) is 8.09. The van der Waals surface area contributed by atoms with Gasteiger partial charge >= 0.3 is 5.97 Å². The molecule has 6 heteroatoms. The summed E-state index contributed by atoms with van der Waals surface area (Å²) in [6.07, 6.45) is 3.02. The first-order valence-electron chi connectivity index (χ1n) is 5.30. The third kappa shape index (κ3) is 2.52. The van der Waals surface area contributed by atoms with Crippen LogP contribution in [0.15, 0.2) is 23.1 Å². The first-order valence-corrected chi connectivity index (χ1v) is 5.30. The maximum absolute atomic E-state index is 12.0. The topological polar surface area (TPSA) is 90.5 Å². The Morgan fingerprint density at radius 1 is 1.47 bits per heavy atom. The average Bonchev–Trinajstić information content (AvgIpc) is 3.09. The van der Waals surface area contributed by atoms with E-state index in [1.807, 2.05) is 0 Å². The maximum Gasteiger partial charge on any atom is 0.323 e. The highest BCUT2D eigenvalue weighted by atomic mass is 16.4. The Morgan fingerprint density at radius 3 is 2.71 bits per heavy atom. The van der Waals surface area contributed by atoms with E-state index in [0.29, 0.717) is 0 Å². The molecular formula is C11H12N2O4. The Hall–Kier alpha value is -2.11. The molecule has 2 rings (SSSR count). The molecule has 1 aliphatic carbocycles. The van der Waals surface area contributed by atoms with Gasteiger partial charge in [-0.3, -0.25) is 14.4 Å². The molecule has 1 aliphatic rings. The molecular weight excluding hydrogens is 224 g/mol. The van der Waals surface area contributed by atoms with Gasteiger partial charge in [0.2, 0.25) is 0 Å². The molecule has 0 radical (unpaired) electrons. The SMILES string of the molecule is O=C(O)CN(C(=O)c1ccc[nH]c1=O)C1CC1. The van der Waals surface area contributed by atoms with Gasteiger partial charge in [-0.05, 0) is 25.0 Å². The number of carbonyl (C=O) groups is 2. The lowest BCUT2D eigenvalue weighted by Gasteiger charge is -2.19. The second-order valence-electron chi connectivity index (χ2n) is 3.97. The van der Waals surface area contributed by atoms with Gasteiger partial charge in [-0.2, -0.15) is 0 Å². The van der Waals surface area contributed by atoms with Crippen molar-refractivity contribution in [2.45, 2.75) is 18.9 Å². The van der Waals surface area contributed by atoms with Crippen molar-refractivity contribution < 1.29 is 14.7 Å². The van der Waals surface area contributed by atoms with Gasteiger partial charge in [0.1, 0.15) is 12.1 Å². The summed E-state index contributed by atoms with van der Waals surface area (Å²) < 4.78 is 0. The highest BCUT2D eigenvalue weighted by molar-refractivity contribution is 5.95. The lowest BCUT2D eigenvalue weighted by molar-refractivity contribution is -0.137. The van der Waals surface area contributed by atoms with Crippen molar-refractivity contribution in [3.8, 4) is 0 Å². The standard InChI is InChI=1S/C11H12N2O4/c14-9(15)6-13(7-3-4-7)11(17)8-2-1-5-12-10(8)16/h1-2,5,7H,3-4,6H2,(H,12,16)(H,14,15). The second-order valence-corrected chi connectivity index (χ2v) is 3.97. The Bertz CT molecular complexity index is 504. The Kier molecular flexibility index (Phi) is 2.95. The lowest BCUT2D eigenvalue weighted by Crippen LogP contribution is -2.39. The van der Waals surface area contributed by atoms with Crippen molar-refractivity contribution in [3.05, 3.63) is 34.2 Å². The smallest absolute Gasteiger partial charge is 0.323 e. The number of aromatic nitrogens is 1. The van der Waals surface area contributed by atoms with Gasteiger partial charge < -0.3 is 15.0 Å². The molecule has 1 saturated carbocycles. The van der Waals surface area contributed by atoms with Crippen LogP contribution in [0.5, 0.6) is 0 Å². The number of nitrogens with one attached hydrogen (secondary N) is 1. The van der Waals surface area contributed by atoms with E-state index in [1.165, 1.54) is 17.2 Å². The minimum absolute atomic E-state index is 0.0133. The molecule has 0 aliphatic heterocycles. The van der Waals surface area contributed by atoms with Crippen LogP contribution >= 0.6 is 0 Å². The highest BCUT2D eigenvalue weighted by Crippen LogP contribution is 2.27. The van der Waals surface area contributed by atoms with Crippen LogP contribution in [0.2, 0.25) is 0 Å². The summed E-state index contributed by atoms with van der Waals surface area (Å²) in [6, 6.07) is 2.90. The zero-order valence-corrected chi connectivity index (χ0v) is 9.05. The number of carbonyl (C=O) groups excluding carboxylic acids is 1. The van der Waals surface area contributed by atoms with Crippen molar-refractivity contribution in [2.24, 2.45) is 0 Å². The molecule has 1 aromatic rings. The molecule has 90 valence electrons. The fourth-order valence-corrected chi connectivity index (χ4v) is 1.64. The van der Waals surface area contributed by atoms with Crippen molar-refractivity contribution in [2.75, 3.05) is 6.54 Å². The number of aliphatic carboxylic acids is 1. The largest absolute Gasteiger partial charge is 0.480 e. The van der Waals surface area contributed by atoms with E-state index in [-0.39, 0.29) is 18.2 Å². The summed E-state index contributed by atoms with van der Waals surface area (Å²) in [7, 11) is 0. The zero-order valence-electron chi connectivity index (χ0n) is 9.05. The predicted octanol–water partition coefficient (Wildman–Crippen LogP) is 0.0641. The monoisotopic (exact) mass is 236 g/mol. The molecule has 1 aromatic heterocycles. The van der Waals surface area contributed by atoms with Gasteiger partial charge in [0.05, 0.1) is 0 Å².